The van der Waals surface area contributed by atoms with Gasteiger partial charge >= 0.3 is 0 Å². The molecule has 0 bridgehead atoms. The van der Waals surface area contributed by atoms with Crippen LogP contribution in [0, 0.1) is 28.6 Å². The number of carbonyl (C=O) groups excluding carboxylic acids is 1. The minimum atomic E-state index is -0.397. The van der Waals surface area contributed by atoms with Crippen LogP contribution in [-0.2, 0) is 9.53 Å². The molecule has 0 saturated heterocycles. The van der Waals surface area contributed by atoms with Gasteiger partial charge in [0.1, 0.15) is 6.61 Å². The Labute approximate surface area is 186 Å². The molecule has 0 aromatic rings. The molecule has 1 heterocycles. The van der Waals surface area contributed by atoms with Crippen molar-refractivity contribution in [1.29, 1.82) is 0 Å². The summed E-state index contributed by atoms with van der Waals surface area (Å²) in [6.07, 6.45) is 13.5. The first-order chi connectivity index (χ1) is 14.7. The van der Waals surface area contributed by atoms with Gasteiger partial charge in [0.15, 0.2) is 6.04 Å². The van der Waals surface area contributed by atoms with E-state index in [4.69, 9.17) is 4.74 Å². The highest BCUT2D eigenvalue weighted by Crippen LogP contribution is 2.66. The molecular weight excluding hydrogens is 388 g/mol. The second-order valence-corrected chi connectivity index (χ2v) is 11.3. The van der Waals surface area contributed by atoms with E-state index < -0.39 is 6.04 Å². The van der Waals surface area contributed by atoms with Crippen LogP contribution in [0.1, 0.15) is 65.2 Å². The average Bonchev–Trinajstić information content (AvgIpc) is 3.33. The fourth-order valence-corrected chi connectivity index (χ4v) is 7.77. The van der Waals surface area contributed by atoms with Gasteiger partial charge in [0.25, 0.3) is 5.91 Å². The summed E-state index contributed by atoms with van der Waals surface area (Å²) in [6, 6.07) is -0.397. The number of ether oxygens (including phenoxy) is 1. The van der Waals surface area contributed by atoms with E-state index in [-0.39, 0.29) is 22.8 Å². The zero-order valence-corrected chi connectivity index (χ0v) is 19.6. The van der Waals surface area contributed by atoms with E-state index in [9.17, 15) is 9.90 Å². The van der Waals surface area contributed by atoms with Crippen molar-refractivity contribution in [3.05, 3.63) is 23.3 Å². The van der Waals surface area contributed by atoms with E-state index in [2.05, 4.69) is 31.0 Å². The van der Waals surface area contributed by atoms with Gasteiger partial charge in [0.05, 0.1) is 6.10 Å². The zero-order valence-electron chi connectivity index (χ0n) is 19.6. The molecule has 0 aromatic heterocycles. The monoisotopic (exact) mass is 426 g/mol. The first-order valence-electron chi connectivity index (χ1n) is 12.2. The van der Waals surface area contributed by atoms with Gasteiger partial charge in [-0.2, -0.15) is 0 Å². The number of aliphatic hydroxyl groups excluding tert-OH is 1. The van der Waals surface area contributed by atoms with Gasteiger partial charge in [-0.25, -0.2) is 4.99 Å². The Morgan fingerprint density at radius 2 is 1.94 bits per heavy atom. The van der Waals surface area contributed by atoms with Gasteiger partial charge in [0.2, 0.25) is 5.90 Å². The highest BCUT2D eigenvalue weighted by molar-refractivity contribution is 5.94. The summed E-state index contributed by atoms with van der Waals surface area (Å²) >= 11 is 0. The third-order valence-corrected chi connectivity index (χ3v) is 9.62. The molecule has 4 aliphatic carbocycles. The molecule has 0 aromatic carbocycles. The highest BCUT2D eigenvalue weighted by atomic mass is 16.5. The molecule has 1 N–H and O–H groups in total. The molecule has 5 heteroatoms. The van der Waals surface area contributed by atoms with Gasteiger partial charge in [0, 0.05) is 14.1 Å². The normalized spacial score (nSPS) is 45.2. The van der Waals surface area contributed by atoms with E-state index in [1.807, 2.05) is 0 Å². The maximum absolute atomic E-state index is 12.2. The molecule has 170 valence electrons. The van der Waals surface area contributed by atoms with E-state index >= 15 is 0 Å². The number of amides is 1. The minimum Gasteiger partial charge on any atom is -0.475 e. The number of rotatable bonds is 2. The lowest BCUT2D eigenvalue weighted by Crippen LogP contribution is -2.49. The lowest BCUT2D eigenvalue weighted by molar-refractivity contribution is -0.130. The lowest BCUT2D eigenvalue weighted by atomic mass is 9.48. The molecule has 5 rings (SSSR count). The summed E-state index contributed by atoms with van der Waals surface area (Å²) in [5, 5.41) is 10.2. The van der Waals surface area contributed by atoms with Crippen LogP contribution in [0.25, 0.3) is 0 Å². The van der Waals surface area contributed by atoms with Gasteiger partial charge in [-0.05, 0) is 86.0 Å². The van der Waals surface area contributed by atoms with Crippen molar-refractivity contribution >= 4 is 11.8 Å². The third kappa shape index (κ3) is 3.30. The Balaban J connectivity index is 1.38. The van der Waals surface area contributed by atoms with Crippen LogP contribution in [0.4, 0.5) is 0 Å². The maximum Gasteiger partial charge on any atom is 0.250 e. The molecule has 1 unspecified atom stereocenters. The topological polar surface area (TPSA) is 62.1 Å². The number of fused-ring (bicyclic) bond motifs is 5. The standard InChI is InChI=1S/C26H38N2O3/c1-25-11-9-18(29)13-16(25)5-7-19-20-8-6-17(26(20,2)12-10-21(19)25)14-23-27-22(15-31-23)24(30)28(3)4/h5,14,18-22,29H,6-13,15H2,1-4H3/b17-14+/t18-,19-,20-,21-,22?,25-,26+/m0/s1. The second kappa shape index (κ2) is 7.47. The molecule has 5 nitrogen and oxygen atoms in total. The number of allylic oxidation sites excluding steroid dienone is 2. The largest absolute Gasteiger partial charge is 0.475 e. The van der Waals surface area contributed by atoms with E-state index in [0.717, 1.165) is 37.5 Å². The number of hydrogen-bond acceptors (Lipinski definition) is 4. The predicted molar refractivity (Wildman–Crippen MR) is 122 cm³/mol. The summed E-state index contributed by atoms with van der Waals surface area (Å²) in [5.41, 5.74) is 3.52. The van der Waals surface area contributed by atoms with Crippen molar-refractivity contribution in [3.8, 4) is 0 Å². The van der Waals surface area contributed by atoms with Crippen molar-refractivity contribution in [2.45, 2.75) is 77.4 Å². The van der Waals surface area contributed by atoms with E-state index in [1.54, 1.807) is 19.0 Å². The molecule has 0 spiro atoms. The number of aliphatic hydroxyl groups is 1. The number of aliphatic imine (C=N–C) groups is 1. The van der Waals surface area contributed by atoms with Crippen molar-refractivity contribution in [2.24, 2.45) is 33.6 Å². The number of hydrogen-bond donors (Lipinski definition) is 1. The molecule has 5 aliphatic rings. The second-order valence-electron chi connectivity index (χ2n) is 11.3. The van der Waals surface area contributed by atoms with Crippen LogP contribution in [-0.4, -0.2) is 54.7 Å². The van der Waals surface area contributed by atoms with E-state index in [1.165, 1.54) is 36.8 Å². The summed E-state index contributed by atoms with van der Waals surface area (Å²) in [6.45, 7) is 5.31. The highest BCUT2D eigenvalue weighted by Gasteiger charge is 2.57. The Kier molecular flexibility index (Phi) is 5.12. The van der Waals surface area contributed by atoms with E-state index in [0.29, 0.717) is 18.4 Å². The fourth-order valence-electron chi connectivity index (χ4n) is 7.77. The maximum atomic E-state index is 12.2. The average molecular weight is 427 g/mol. The van der Waals surface area contributed by atoms with Crippen LogP contribution < -0.4 is 0 Å². The fraction of sp³-hybridized carbons (Fsp3) is 0.769. The Morgan fingerprint density at radius 3 is 2.71 bits per heavy atom. The first-order valence-corrected chi connectivity index (χ1v) is 12.2. The molecule has 3 saturated carbocycles. The van der Waals surface area contributed by atoms with Crippen molar-refractivity contribution in [3.63, 3.8) is 0 Å². The number of nitrogens with zero attached hydrogens (tertiary/aromatic N) is 2. The van der Waals surface area contributed by atoms with Crippen molar-refractivity contribution in [1.82, 2.24) is 4.90 Å². The number of likely N-dealkylation sites (N-methyl/N-ethyl adjacent to an activating group) is 1. The van der Waals surface area contributed by atoms with Crippen LogP contribution in [0.15, 0.2) is 28.3 Å². The number of carbonyl (C=O) groups is 1. The van der Waals surface area contributed by atoms with Crippen LogP contribution in [0.2, 0.25) is 0 Å². The predicted octanol–water partition coefficient (Wildman–Crippen LogP) is 4.12. The Bertz CT molecular complexity index is 859. The lowest BCUT2D eigenvalue weighted by Gasteiger charge is -2.57. The Hall–Kier alpha value is -1.62. The molecule has 3 fully saturated rings. The summed E-state index contributed by atoms with van der Waals surface area (Å²) < 4.78 is 5.82. The van der Waals surface area contributed by atoms with Gasteiger partial charge in [-0.1, -0.05) is 31.1 Å². The van der Waals surface area contributed by atoms with Crippen LogP contribution in [0.5, 0.6) is 0 Å². The first kappa shape index (κ1) is 21.2. The third-order valence-electron chi connectivity index (χ3n) is 9.62. The minimum absolute atomic E-state index is 0.0139. The molecule has 7 atom stereocenters. The zero-order chi connectivity index (χ0) is 22.0. The van der Waals surface area contributed by atoms with Crippen LogP contribution in [0.3, 0.4) is 0 Å². The molecule has 31 heavy (non-hydrogen) atoms. The molecular formula is C26H38N2O3. The van der Waals surface area contributed by atoms with Gasteiger partial charge in [-0.3, -0.25) is 4.79 Å². The molecule has 1 aliphatic heterocycles. The van der Waals surface area contributed by atoms with Crippen LogP contribution >= 0.6 is 0 Å². The Morgan fingerprint density at radius 1 is 1.19 bits per heavy atom. The molecule has 0 radical (unpaired) electrons. The summed E-state index contributed by atoms with van der Waals surface area (Å²) in [4.78, 5) is 18.4. The van der Waals surface area contributed by atoms with Gasteiger partial charge < -0.3 is 14.7 Å². The van der Waals surface area contributed by atoms with Crippen molar-refractivity contribution in [2.75, 3.05) is 20.7 Å². The van der Waals surface area contributed by atoms with Gasteiger partial charge in [-0.15, -0.1) is 0 Å². The summed E-state index contributed by atoms with van der Waals surface area (Å²) in [5.74, 6) is 2.86. The summed E-state index contributed by atoms with van der Waals surface area (Å²) in [7, 11) is 3.54. The SMILES string of the molecule is CN(C)C(=O)C1COC(/C=C2\CC[C@H]3[C@@H]4CC=C5C[C@@H](O)CC[C@]5(C)[C@H]4CC[C@]23C)=N1. The smallest absolute Gasteiger partial charge is 0.250 e. The van der Waals surface area contributed by atoms with Crippen molar-refractivity contribution < 1.29 is 14.6 Å². The quantitative estimate of drug-likeness (QED) is 0.676. The molecule has 1 amide bonds.